The maximum absolute atomic E-state index is 9.46. The fourth-order valence-electron chi connectivity index (χ4n) is 2.45. The average Bonchev–Trinajstić information content (AvgIpc) is 2.68. The fourth-order valence-corrected chi connectivity index (χ4v) is 2.94. The van der Waals surface area contributed by atoms with Gasteiger partial charge in [-0.3, -0.25) is 0 Å². The molecule has 0 aliphatic heterocycles. The molecule has 0 heterocycles. The van der Waals surface area contributed by atoms with Gasteiger partial charge in [0.1, 0.15) is 12.4 Å². The van der Waals surface area contributed by atoms with Gasteiger partial charge in [-0.1, -0.05) is 71.2 Å². The van der Waals surface area contributed by atoms with Crippen LogP contribution < -0.4 is 4.74 Å². The molecule has 0 saturated carbocycles. The fraction of sp³-hybridized carbons (Fsp3) is 0.0455. The molecule has 0 aliphatic rings. The zero-order chi connectivity index (χ0) is 19.2. The van der Waals surface area contributed by atoms with Gasteiger partial charge in [-0.25, -0.2) is 0 Å². The van der Waals surface area contributed by atoms with Gasteiger partial charge in [-0.15, -0.1) is 0 Å². The van der Waals surface area contributed by atoms with E-state index in [0.717, 1.165) is 16.9 Å². The lowest BCUT2D eigenvalue weighted by atomic mass is 10.0. The summed E-state index contributed by atoms with van der Waals surface area (Å²) in [7, 11) is 0. The number of allylic oxidation sites excluding steroid dienone is 1. The summed E-state index contributed by atoms with van der Waals surface area (Å²) in [5, 5.41) is 11.0. The molecular formula is C22H14Cl3NO. The molecule has 0 amide bonds. The molecular weight excluding hydrogens is 401 g/mol. The third-order valence-corrected chi connectivity index (χ3v) is 5.00. The van der Waals surface area contributed by atoms with Gasteiger partial charge in [0.25, 0.3) is 0 Å². The second kappa shape index (κ2) is 8.97. The van der Waals surface area contributed by atoms with Crippen LogP contribution in [0.1, 0.15) is 16.7 Å². The highest BCUT2D eigenvalue weighted by atomic mass is 35.5. The molecule has 134 valence electrons. The van der Waals surface area contributed by atoms with Crippen molar-refractivity contribution in [1.82, 2.24) is 0 Å². The minimum Gasteiger partial charge on any atom is -0.489 e. The van der Waals surface area contributed by atoms with Crippen LogP contribution in [0.15, 0.2) is 66.7 Å². The van der Waals surface area contributed by atoms with E-state index in [9.17, 15) is 5.26 Å². The molecule has 3 rings (SSSR count). The second-order valence-corrected chi connectivity index (χ2v) is 6.97. The zero-order valence-corrected chi connectivity index (χ0v) is 16.4. The zero-order valence-electron chi connectivity index (χ0n) is 14.1. The first-order valence-electron chi connectivity index (χ1n) is 8.10. The van der Waals surface area contributed by atoms with Crippen LogP contribution in [0.25, 0.3) is 11.6 Å². The van der Waals surface area contributed by atoms with E-state index in [1.807, 2.05) is 48.5 Å². The summed E-state index contributed by atoms with van der Waals surface area (Å²) in [6.45, 7) is 0.390. The molecule has 0 fully saturated rings. The topological polar surface area (TPSA) is 33.0 Å². The van der Waals surface area contributed by atoms with Gasteiger partial charge in [0.15, 0.2) is 0 Å². The summed E-state index contributed by atoms with van der Waals surface area (Å²) in [4.78, 5) is 0. The smallest absolute Gasteiger partial charge is 0.119 e. The van der Waals surface area contributed by atoms with E-state index in [1.54, 1.807) is 24.3 Å². The molecule has 0 radical (unpaired) electrons. The van der Waals surface area contributed by atoms with Crippen LogP contribution in [0.4, 0.5) is 0 Å². The highest BCUT2D eigenvalue weighted by Gasteiger charge is 2.05. The Morgan fingerprint density at radius 1 is 0.889 bits per heavy atom. The van der Waals surface area contributed by atoms with Crippen LogP contribution in [-0.4, -0.2) is 0 Å². The number of nitrogens with zero attached hydrogens (tertiary/aromatic N) is 1. The van der Waals surface area contributed by atoms with Gasteiger partial charge in [0, 0.05) is 10.6 Å². The second-order valence-electron chi connectivity index (χ2n) is 5.75. The lowest BCUT2D eigenvalue weighted by Gasteiger charge is -2.08. The average molecular weight is 415 g/mol. The highest BCUT2D eigenvalue weighted by Crippen LogP contribution is 2.27. The highest BCUT2D eigenvalue weighted by molar-refractivity contribution is 6.42. The van der Waals surface area contributed by atoms with Gasteiger partial charge < -0.3 is 4.74 Å². The molecule has 0 unspecified atom stereocenters. The Kier molecular flexibility index (Phi) is 6.42. The molecule has 27 heavy (non-hydrogen) atoms. The molecule has 0 saturated heterocycles. The predicted molar refractivity (Wildman–Crippen MR) is 112 cm³/mol. The summed E-state index contributed by atoms with van der Waals surface area (Å²) in [6.07, 6.45) is 1.79. The van der Waals surface area contributed by atoms with Crippen LogP contribution in [0.3, 0.4) is 0 Å². The third-order valence-electron chi connectivity index (χ3n) is 3.89. The molecule has 3 aromatic carbocycles. The van der Waals surface area contributed by atoms with E-state index in [1.165, 1.54) is 0 Å². The lowest BCUT2D eigenvalue weighted by molar-refractivity contribution is 0.306. The van der Waals surface area contributed by atoms with Crippen LogP contribution in [0.5, 0.6) is 5.75 Å². The molecule has 0 N–H and O–H groups in total. The van der Waals surface area contributed by atoms with Crippen LogP contribution in [-0.2, 0) is 6.61 Å². The number of nitriles is 1. The summed E-state index contributed by atoms with van der Waals surface area (Å²) >= 11 is 18.1. The van der Waals surface area contributed by atoms with E-state index >= 15 is 0 Å². The number of hydrogen-bond acceptors (Lipinski definition) is 2. The standard InChI is InChI=1S/C22H14Cl3NO/c23-20-4-2-1-3-17(20)14-27-19-8-5-15(6-9-19)11-18(13-26)16-7-10-21(24)22(25)12-16/h1-12H,14H2/b18-11-. The Hall–Kier alpha value is -2.44. The van der Waals surface area contributed by atoms with Crippen LogP contribution in [0.2, 0.25) is 15.1 Å². The quantitative estimate of drug-likeness (QED) is 0.324. The maximum Gasteiger partial charge on any atom is 0.119 e. The summed E-state index contributed by atoms with van der Waals surface area (Å²) in [6, 6.07) is 22.4. The third kappa shape index (κ3) is 5.05. The van der Waals surface area contributed by atoms with Gasteiger partial charge >= 0.3 is 0 Å². The number of halogens is 3. The molecule has 2 nitrogen and oxygen atoms in total. The number of rotatable bonds is 5. The Morgan fingerprint density at radius 3 is 2.30 bits per heavy atom. The summed E-state index contributed by atoms with van der Waals surface area (Å²) < 4.78 is 5.77. The van der Waals surface area contributed by atoms with Crippen molar-refractivity contribution in [2.45, 2.75) is 6.61 Å². The Balaban J connectivity index is 1.74. The largest absolute Gasteiger partial charge is 0.489 e. The number of benzene rings is 3. The first-order valence-corrected chi connectivity index (χ1v) is 9.23. The van der Waals surface area contributed by atoms with E-state index in [2.05, 4.69) is 6.07 Å². The molecule has 0 bridgehead atoms. The lowest BCUT2D eigenvalue weighted by Crippen LogP contribution is -1.95. The van der Waals surface area contributed by atoms with E-state index in [0.29, 0.717) is 32.8 Å². The van der Waals surface area contributed by atoms with Crippen molar-refractivity contribution >= 4 is 46.5 Å². The van der Waals surface area contributed by atoms with Crippen molar-refractivity contribution in [3.8, 4) is 11.8 Å². The van der Waals surface area contributed by atoms with Crippen LogP contribution >= 0.6 is 34.8 Å². The van der Waals surface area contributed by atoms with Crippen molar-refractivity contribution < 1.29 is 4.74 Å². The van der Waals surface area contributed by atoms with Crippen molar-refractivity contribution in [2.75, 3.05) is 0 Å². The molecule has 0 atom stereocenters. The van der Waals surface area contributed by atoms with Gasteiger partial charge in [0.05, 0.1) is 21.7 Å². The van der Waals surface area contributed by atoms with E-state index in [-0.39, 0.29) is 0 Å². The Bertz CT molecular complexity index is 1020. The number of hydrogen-bond donors (Lipinski definition) is 0. The van der Waals surface area contributed by atoms with Crippen molar-refractivity contribution in [3.63, 3.8) is 0 Å². The minimum absolute atomic E-state index is 0.390. The van der Waals surface area contributed by atoms with Crippen LogP contribution in [0, 0.1) is 11.3 Å². The minimum atomic E-state index is 0.390. The predicted octanol–water partition coefficient (Wildman–Crippen LogP) is 7.29. The maximum atomic E-state index is 9.46. The van der Waals surface area contributed by atoms with Gasteiger partial charge in [0.2, 0.25) is 0 Å². The molecule has 0 aliphatic carbocycles. The van der Waals surface area contributed by atoms with E-state index in [4.69, 9.17) is 39.5 Å². The molecule has 0 aromatic heterocycles. The normalized spacial score (nSPS) is 11.1. The molecule has 3 aromatic rings. The van der Waals surface area contributed by atoms with Crippen molar-refractivity contribution in [1.29, 1.82) is 5.26 Å². The van der Waals surface area contributed by atoms with Gasteiger partial charge in [-0.2, -0.15) is 5.26 Å². The van der Waals surface area contributed by atoms with E-state index < -0.39 is 0 Å². The molecule has 5 heteroatoms. The first-order chi connectivity index (χ1) is 13.1. The van der Waals surface area contributed by atoms with Gasteiger partial charge in [-0.05, 0) is 47.5 Å². The summed E-state index contributed by atoms with van der Waals surface area (Å²) in [5.74, 6) is 0.722. The molecule has 0 spiro atoms. The SMILES string of the molecule is N#C/C(=C/c1ccc(OCc2ccccc2Cl)cc1)c1ccc(Cl)c(Cl)c1. The first kappa shape index (κ1) is 19.3. The Morgan fingerprint density at radius 2 is 1.63 bits per heavy atom. The number of ether oxygens (including phenoxy) is 1. The van der Waals surface area contributed by atoms with Crippen molar-refractivity contribution in [2.24, 2.45) is 0 Å². The Labute approximate surface area is 173 Å². The monoisotopic (exact) mass is 413 g/mol. The van der Waals surface area contributed by atoms with Crippen molar-refractivity contribution in [3.05, 3.63) is 98.5 Å². The summed E-state index contributed by atoms with van der Waals surface area (Å²) in [5.41, 5.74) is 3.02.